The monoisotopic (exact) mass is 251 g/mol. The second-order valence-electron chi connectivity index (χ2n) is 3.52. The van der Waals surface area contributed by atoms with Crippen molar-refractivity contribution in [2.75, 3.05) is 0 Å². The molecule has 2 aromatic carbocycles. The minimum absolute atomic E-state index is 0.869. The lowest BCUT2D eigenvalue weighted by Gasteiger charge is -2.03. The van der Waals surface area contributed by atoms with Crippen molar-refractivity contribution in [1.29, 1.82) is 0 Å². The number of aromatic nitrogens is 3. The molecular formula is C15H13N3O. The van der Waals surface area contributed by atoms with Gasteiger partial charge in [-0.3, -0.25) is 0 Å². The van der Waals surface area contributed by atoms with Crippen molar-refractivity contribution >= 4 is 0 Å². The highest BCUT2D eigenvalue weighted by atomic mass is 16.5. The topological polar surface area (TPSA) is 47.9 Å². The Kier molecular flexibility index (Phi) is 5.05. The lowest BCUT2D eigenvalue weighted by molar-refractivity contribution is 0.482. The number of hydrogen-bond acceptors (Lipinski definition) is 4. The van der Waals surface area contributed by atoms with Gasteiger partial charge in [0.15, 0.2) is 0 Å². The van der Waals surface area contributed by atoms with Crippen LogP contribution in [0.25, 0.3) is 0 Å². The fourth-order valence-corrected chi connectivity index (χ4v) is 1.32. The molecule has 0 spiro atoms. The van der Waals surface area contributed by atoms with E-state index in [0.29, 0.717) is 0 Å². The van der Waals surface area contributed by atoms with Crippen LogP contribution >= 0.6 is 0 Å². The quantitative estimate of drug-likeness (QED) is 0.700. The molecule has 3 rings (SSSR count). The number of rotatable bonds is 2. The van der Waals surface area contributed by atoms with E-state index in [0.717, 1.165) is 11.5 Å². The summed E-state index contributed by atoms with van der Waals surface area (Å²) in [4.78, 5) is 10.7. The zero-order valence-electron chi connectivity index (χ0n) is 10.3. The predicted octanol–water partition coefficient (Wildman–Crippen LogP) is 3.35. The standard InChI is InChI=1S/C12H10O.C3H3N3/c1-3-7-11(8-4-1)13-12-9-5-2-6-10-12;1-4-2-6-3-5-1/h1-10H;1-3H. The summed E-state index contributed by atoms with van der Waals surface area (Å²) in [6.45, 7) is 0. The first-order valence-electron chi connectivity index (χ1n) is 5.78. The molecule has 4 nitrogen and oxygen atoms in total. The molecule has 19 heavy (non-hydrogen) atoms. The molecule has 1 aromatic heterocycles. The Morgan fingerprint density at radius 3 is 1.21 bits per heavy atom. The van der Waals surface area contributed by atoms with Gasteiger partial charge in [0.1, 0.15) is 30.5 Å². The zero-order valence-corrected chi connectivity index (χ0v) is 10.3. The minimum atomic E-state index is 0.869. The summed E-state index contributed by atoms with van der Waals surface area (Å²) in [5.41, 5.74) is 0. The van der Waals surface area contributed by atoms with Crippen LogP contribution in [0.1, 0.15) is 0 Å². The molecule has 0 bridgehead atoms. The summed E-state index contributed by atoms with van der Waals surface area (Å²) >= 11 is 0. The molecule has 0 atom stereocenters. The Bertz CT molecular complexity index is 494. The van der Waals surface area contributed by atoms with Gasteiger partial charge in [-0.1, -0.05) is 36.4 Å². The number of nitrogens with zero attached hydrogens (tertiary/aromatic N) is 3. The third-order valence-electron chi connectivity index (χ3n) is 2.12. The maximum absolute atomic E-state index is 5.58. The predicted molar refractivity (Wildman–Crippen MR) is 72.8 cm³/mol. The van der Waals surface area contributed by atoms with Gasteiger partial charge in [0.05, 0.1) is 0 Å². The highest BCUT2D eigenvalue weighted by Gasteiger charge is 1.92. The Labute approximate surface area is 111 Å². The highest BCUT2D eigenvalue weighted by Crippen LogP contribution is 2.19. The second kappa shape index (κ2) is 7.55. The number of ether oxygens (including phenoxy) is 1. The molecule has 94 valence electrons. The van der Waals surface area contributed by atoms with Gasteiger partial charge in [0.25, 0.3) is 0 Å². The summed E-state index contributed by atoms with van der Waals surface area (Å²) in [7, 11) is 0. The van der Waals surface area contributed by atoms with Crippen LogP contribution in [0, 0.1) is 0 Å². The summed E-state index contributed by atoms with van der Waals surface area (Å²) in [5.74, 6) is 1.74. The van der Waals surface area contributed by atoms with Gasteiger partial charge in [-0.15, -0.1) is 0 Å². The minimum Gasteiger partial charge on any atom is -0.457 e. The summed E-state index contributed by atoms with van der Waals surface area (Å²) in [6, 6.07) is 19.5. The molecule has 0 N–H and O–H groups in total. The average molecular weight is 251 g/mol. The van der Waals surface area contributed by atoms with Crippen LogP contribution in [0.4, 0.5) is 0 Å². The zero-order chi connectivity index (χ0) is 13.2. The molecule has 0 aliphatic heterocycles. The van der Waals surface area contributed by atoms with E-state index in [2.05, 4.69) is 15.0 Å². The van der Waals surface area contributed by atoms with E-state index >= 15 is 0 Å². The van der Waals surface area contributed by atoms with Gasteiger partial charge in [-0.05, 0) is 24.3 Å². The first-order chi connectivity index (χ1) is 9.45. The largest absolute Gasteiger partial charge is 0.457 e. The number of benzene rings is 2. The van der Waals surface area contributed by atoms with Gasteiger partial charge in [0.2, 0.25) is 0 Å². The van der Waals surface area contributed by atoms with Gasteiger partial charge in [-0.2, -0.15) is 0 Å². The smallest absolute Gasteiger partial charge is 0.127 e. The molecule has 0 saturated heterocycles. The van der Waals surface area contributed by atoms with Crippen molar-refractivity contribution in [2.45, 2.75) is 0 Å². The van der Waals surface area contributed by atoms with Crippen molar-refractivity contribution in [1.82, 2.24) is 15.0 Å². The molecule has 0 unspecified atom stereocenters. The molecule has 4 heteroatoms. The van der Waals surface area contributed by atoms with Crippen molar-refractivity contribution in [3.63, 3.8) is 0 Å². The summed E-state index contributed by atoms with van der Waals surface area (Å²) < 4.78 is 5.58. The molecule has 0 amide bonds. The average Bonchev–Trinajstić information content (AvgIpc) is 2.52. The molecule has 0 fully saturated rings. The van der Waals surface area contributed by atoms with E-state index in [1.807, 2.05) is 60.7 Å². The maximum atomic E-state index is 5.58. The van der Waals surface area contributed by atoms with Crippen molar-refractivity contribution < 1.29 is 4.74 Å². The van der Waals surface area contributed by atoms with Gasteiger partial charge >= 0.3 is 0 Å². The van der Waals surface area contributed by atoms with Gasteiger partial charge in [-0.25, -0.2) is 15.0 Å². The first kappa shape index (κ1) is 12.7. The fourth-order valence-electron chi connectivity index (χ4n) is 1.32. The number of para-hydroxylation sites is 2. The van der Waals surface area contributed by atoms with E-state index in [1.165, 1.54) is 19.0 Å². The van der Waals surface area contributed by atoms with E-state index in [1.54, 1.807) is 0 Å². The normalized spacial score (nSPS) is 9.05. The van der Waals surface area contributed by atoms with Crippen LogP contribution in [0.2, 0.25) is 0 Å². The Morgan fingerprint density at radius 1 is 0.526 bits per heavy atom. The lowest BCUT2D eigenvalue weighted by Crippen LogP contribution is -1.81. The molecule has 1 heterocycles. The molecular weight excluding hydrogens is 238 g/mol. The molecule has 3 aromatic rings. The Hall–Kier alpha value is -2.75. The molecule has 0 saturated carbocycles. The Balaban J connectivity index is 0.000000186. The van der Waals surface area contributed by atoms with Crippen LogP contribution in [-0.4, -0.2) is 15.0 Å². The van der Waals surface area contributed by atoms with Gasteiger partial charge in [0, 0.05) is 0 Å². The van der Waals surface area contributed by atoms with Gasteiger partial charge < -0.3 is 4.74 Å². The van der Waals surface area contributed by atoms with Crippen molar-refractivity contribution in [2.24, 2.45) is 0 Å². The number of hydrogen-bond donors (Lipinski definition) is 0. The lowest BCUT2D eigenvalue weighted by atomic mass is 10.3. The van der Waals surface area contributed by atoms with E-state index in [4.69, 9.17) is 4.74 Å². The van der Waals surface area contributed by atoms with E-state index in [-0.39, 0.29) is 0 Å². The third kappa shape index (κ3) is 4.95. The van der Waals surface area contributed by atoms with Crippen LogP contribution < -0.4 is 4.74 Å². The summed E-state index contributed by atoms with van der Waals surface area (Å²) in [5, 5.41) is 0. The first-order valence-corrected chi connectivity index (χ1v) is 5.78. The third-order valence-corrected chi connectivity index (χ3v) is 2.12. The van der Waals surface area contributed by atoms with E-state index in [9.17, 15) is 0 Å². The Morgan fingerprint density at radius 2 is 0.895 bits per heavy atom. The van der Waals surface area contributed by atoms with Crippen molar-refractivity contribution in [3.05, 3.63) is 79.6 Å². The van der Waals surface area contributed by atoms with E-state index < -0.39 is 0 Å². The molecule has 0 aliphatic carbocycles. The second-order valence-corrected chi connectivity index (χ2v) is 3.52. The van der Waals surface area contributed by atoms with Crippen LogP contribution in [0.3, 0.4) is 0 Å². The van der Waals surface area contributed by atoms with Crippen LogP contribution in [0.15, 0.2) is 79.6 Å². The fraction of sp³-hybridized carbons (Fsp3) is 0. The molecule has 0 radical (unpaired) electrons. The van der Waals surface area contributed by atoms with Crippen LogP contribution in [-0.2, 0) is 0 Å². The summed E-state index contributed by atoms with van der Waals surface area (Å²) in [6.07, 6.45) is 4.31. The maximum Gasteiger partial charge on any atom is 0.127 e. The SMILES string of the molecule is c1ccc(Oc2ccccc2)cc1.c1ncncn1. The van der Waals surface area contributed by atoms with Crippen molar-refractivity contribution in [3.8, 4) is 11.5 Å². The molecule has 0 aliphatic rings. The highest BCUT2D eigenvalue weighted by molar-refractivity contribution is 5.30. The van der Waals surface area contributed by atoms with Crippen LogP contribution in [0.5, 0.6) is 11.5 Å².